The van der Waals surface area contributed by atoms with Crippen molar-refractivity contribution < 1.29 is 44.3 Å². The Balaban J connectivity index is 1.58. The fourth-order valence-electron chi connectivity index (χ4n) is 9.41. The molecule has 39 heavy (non-hydrogen) atoms. The Hall–Kier alpha value is -2.07. The van der Waals surface area contributed by atoms with E-state index >= 15 is 0 Å². The van der Waals surface area contributed by atoms with Crippen LogP contribution in [-0.2, 0) is 23.9 Å². The maximum atomic E-state index is 13.4. The number of hydrogen-bond acceptors (Lipinski definition) is 9. The molecular weight excluding hydrogens is 504 g/mol. The topological polar surface area (TPSA) is 151 Å². The van der Waals surface area contributed by atoms with Crippen LogP contribution in [0.3, 0.4) is 0 Å². The Labute approximate surface area is 229 Å². The van der Waals surface area contributed by atoms with Crippen LogP contribution in [0.4, 0.5) is 0 Å². The number of ether oxygens (including phenoxy) is 2. The number of carbonyl (C=O) groups excluding carboxylic acids is 3. The molecule has 2 unspecified atom stereocenters. The summed E-state index contributed by atoms with van der Waals surface area (Å²) in [5, 5.41) is 46.9. The molecule has 0 amide bonds. The SMILES string of the molecule is CC(=O)O[C@H]1C[C@H]([C@H](C)[C@@H]2OC(=O)C(C)=C(C)[C@@H]2O)[C@@]2(C)CCC3C(C[C@@H](O)[C@@]4(O)CC=CC(=O)[C@]34C)[C@@]12O. The van der Waals surface area contributed by atoms with E-state index in [0.29, 0.717) is 24.0 Å². The van der Waals surface area contributed by atoms with Crippen molar-refractivity contribution in [3.05, 3.63) is 23.3 Å². The minimum atomic E-state index is -1.66. The number of allylic oxidation sites excluding steroid dienone is 1. The van der Waals surface area contributed by atoms with Gasteiger partial charge in [-0.2, -0.15) is 0 Å². The summed E-state index contributed by atoms with van der Waals surface area (Å²) in [4.78, 5) is 38.3. The molecule has 5 rings (SSSR count). The van der Waals surface area contributed by atoms with Crippen LogP contribution in [-0.4, -0.2) is 73.8 Å². The van der Waals surface area contributed by atoms with E-state index in [0.717, 1.165) is 0 Å². The van der Waals surface area contributed by atoms with Gasteiger partial charge in [-0.1, -0.05) is 19.9 Å². The summed E-state index contributed by atoms with van der Waals surface area (Å²) in [6.07, 6.45) is 0.425. The number of aliphatic hydroxyl groups excluding tert-OH is 2. The molecule has 4 aliphatic carbocycles. The molecule has 0 radical (unpaired) electrons. The second-order valence-electron chi connectivity index (χ2n) is 13.3. The van der Waals surface area contributed by atoms with Gasteiger partial charge in [-0.05, 0) is 88.2 Å². The molecule has 12 atom stereocenters. The third kappa shape index (κ3) is 3.49. The number of cyclic esters (lactones) is 1. The van der Waals surface area contributed by atoms with Crippen LogP contribution in [0.25, 0.3) is 0 Å². The highest BCUT2D eigenvalue weighted by molar-refractivity contribution is 5.97. The normalized spacial score (nSPS) is 50.1. The van der Waals surface area contributed by atoms with Gasteiger partial charge in [0.15, 0.2) is 5.78 Å². The van der Waals surface area contributed by atoms with E-state index in [9.17, 15) is 34.8 Å². The molecule has 1 heterocycles. The van der Waals surface area contributed by atoms with Crippen molar-refractivity contribution in [3.63, 3.8) is 0 Å². The van der Waals surface area contributed by atoms with Crippen LogP contribution in [0.1, 0.15) is 73.6 Å². The van der Waals surface area contributed by atoms with Gasteiger partial charge in [-0.3, -0.25) is 9.59 Å². The van der Waals surface area contributed by atoms with Gasteiger partial charge in [0.25, 0.3) is 0 Å². The Morgan fingerprint density at radius 3 is 2.44 bits per heavy atom. The zero-order valence-corrected chi connectivity index (χ0v) is 23.6. The molecule has 3 fully saturated rings. The lowest BCUT2D eigenvalue weighted by molar-refractivity contribution is -0.279. The fourth-order valence-corrected chi connectivity index (χ4v) is 9.41. The first kappa shape index (κ1) is 28.5. The number of esters is 2. The van der Waals surface area contributed by atoms with Crippen LogP contribution in [0.2, 0.25) is 0 Å². The summed E-state index contributed by atoms with van der Waals surface area (Å²) in [7, 11) is 0. The predicted molar refractivity (Wildman–Crippen MR) is 139 cm³/mol. The van der Waals surface area contributed by atoms with Gasteiger partial charge >= 0.3 is 11.9 Å². The van der Waals surface area contributed by atoms with E-state index in [1.807, 2.05) is 13.8 Å². The molecule has 0 aromatic rings. The van der Waals surface area contributed by atoms with Gasteiger partial charge in [-0.15, -0.1) is 0 Å². The van der Waals surface area contributed by atoms with Gasteiger partial charge in [0.2, 0.25) is 0 Å². The van der Waals surface area contributed by atoms with E-state index in [1.54, 1.807) is 26.8 Å². The minimum Gasteiger partial charge on any atom is -0.459 e. The molecule has 9 nitrogen and oxygen atoms in total. The quantitative estimate of drug-likeness (QED) is 0.390. The second kappa shape index (κ2) is 8.96. The molecule has 0 aromatic heterocycles. The van der Waals surface area contributed by atoms with Crippen molar-refractivity contribution in [2.24, 2.45) is 34.5 Å². The smallest absolute Gasteiger partial charge is 0.334 e. The summed E-state index contributed by atoms with van der Waals surface area (Å²) in [5.74, 6) is -3.14. The number of carbonyl (C=O) groups is 3. The summed E-state index contributed by atoms with van der Waals surface area (Å²) in [6, 6.07) is 0. The summed E-state index contributed by atoms with van der Waals surface area (Å²) in [5.41, 5.74) is -4.54. The van der Waals surface area contributed by atoms with E-state index in [-0.39, 0.29) is 31.0 Å². The van der Waals surface area contributed by atoms with Crippen molar-refractivity contribution in [1.82, 2.24) is 0 Å². The van der Waals surface area contributed by atoms with Gasteiger partial charge in [-0.25, -0.2) is 4.79 Å². The van der Waals surface area contributed by atoms with Gasteiger partial charge in [0, 0.05) is 17.9 Å². The minimum absolute atomic E-state index is 0.0465. The molecule has 9 heteroatoms. The first-order valence-electron chi connectivity index (χ1n) is 14.1. The number of ketones is 1. The van der Waals surface area contributed by atoms with Gasteiger partial charge in [0.1, 0.15) is 29.5 Å². The first-order chi connectivity index (χ1) is 18.1. The van der Waals surface area contributed by atoms with Gasteiger partial charge < -0.3 is 29.9 Å². The molecule has 0 bridgehead atoms. The van der Waals surface area contributed by atoms with Crippen molar-refractivity contribution in [2.75, 3.05) is 0 Å². The van der Waals surface area contributed by atoms with E-state index in [2.05, 4.69) is 0 Å². The Morgan fingerprint density at radius 1 is 1.13 bits per heavy atom. The summed E-state index contributed by atoms with van der Waals surface area (Å²) < 4.78 is 11.5. The van der Waals surface area contributed by atoms with Crippen molar-refractivity contribution in [3.8, 4) is 0 Å². The lowest BCUT2D eigenvalue weighted by Gasteiger charge is -2.65. The van der Waals surface area contributed by atoms with E-state index < -0.39 is 76.1 Å². The highest BCUT2D eigenvalue weighted by Crippen LogP contribution is 2.70. The highest BCUT2D eigenvalue weighted by Gasteiger charge is 2.76. The number of fused-ring (bicyclic) bond motifs is 5. The van der Waals surface area contributed by atoms with E-state index in [4.69, 9.17) is 9.47 Å². The molecule has 1 aliphatic heterocycles. The monoisotopic (exact) mass is 546 g/mol. The molecule has 3 saturated carbocycles. The largest absolute Gasteiger partial charge is 0.459 e. The number of rotatable bonds is 3. The predicted octanol–water partition coefficient (Wildman–Crippen LogP) is 1.99. The fraction of sp³-hybridized carbons (Fsp3) is 0.767. The third-order valence-electron chi connectivity index (χ3n) is 12.0. The first-order valence-corrected chi connectivity index (χ1v) is 14.1. The molecule has 0 spiro atoms. The van der Waals surface area contributed by atoms with Crippen LogP contribution < -0.4 is 0 Å². The van der Waals surface area contributed by atoms with Crippen molar-refractivity contribution in [1.29, 1.82) is 0 Å². The zero-order valence-electron chi connectivity index (χ0n) is 23.6. The molecule has 4 N–H and O–H groups in total. The zero-order chi connectivity index (χ0) is 28.9. The van der Waals surface area contributed by atoms with Crippen LogP contribution in [0.15, 0.2) is 23.3 Å². The number of hydrogen-bond donors (Lipinski definition) is 4. The van der Waals surface area contributed by atoms with Gasteiger partial charge in [0.05, 0.1) is 11.5 Å². The molecule has 0 aromatic carbocycles. The number of aliphatic hydroxyl groups is 4. The lowest BCUT2D eigenvalue weighted by atomic mass is 9.41. The Kier molecular flexibility index (Phi) is 6.54. The Morgan fingerprint density at radius 2 is 1.79 bits per heavy atom. The Bertz CT molecular complexity index is 1160. The third-order valence-corrected chi connectivity index (χ3v) is 12.0. The van der Waals surface area contributed by atoms with Crippen LogP contribution in [0.5, 0.6) is 0 Å². The standard InChI is InChI=1S/C30H42O9/c1-14-15(2)26(35)39-25(24(14)34)16(3)19-13-23(38-17(4)31)30(37)20-12-22(33)29(36)10-7-8-21(32)28(29,6)18(20)9-11-27(19,30)5/h7-8,16,18-20,22-25,33-34,36-37H,9-13H2,1-6H3/t16-,18?,19+,20?,22+,23-,24-,25-,27+,28-,29-,30+/m0/s1. The maximum Gasteiger partial charge on any atom is 0.334 e. The lowest BCUT2D eigenvalue weighted by Crippen LogP contribution is -2.74. The maximum absolute atomic E-state index is 13.4. The van der Waals surface area contributed by atoms with Crippen LogP contribution >= 0.6 is 0 Å². The van der Waals surface area contributed by atoms with Crippen LogP contribution in [0, 0.1) is 34.5 Å². The van der Waals surface area contributed by atoms with Crippen molar-refractivity contribution in [2.45, 2.75) is 109 Å². The highest BCUT2D eigenvalue weighted by atomic mass is 16.6. The average Bonchev–Trinajstić information content (AvgIpc) is 3.09. The van der Waals surface area contributed by atoms with Crippen molar-refractivity contribution >= 4 is 17.7 Å². The molecule has 0 saturated heterocycles. The summed E-state index contributed by atoms with van der Waals surface area (Å²) >= 11 is 0. The summed E-state index contributed by atoms with van der Waals surface area (Å²) in [6.45, 7) is 10.1. The average molecular weight is 547 g/mol. The molecule has 5 aliphatic rings. The van der Waals surface area contributed by atoms with E-state index in [1.165, 1.54) is 13.0 Å². The molecular formula is C30H42O9. The second-order valence-corrected chi connectivity index (χ2v) is 13.3. The molecule has 216 valence electrons.